The quantitative estimate of drug-likeness (QED) is 0.745. The van der Waals surface area contributed by atoms with E-state index in [1.165, 1.54) is 19.1 Å². The standard InChI is InChI=1S/C15H17F6NO3/c1-9(10-4-3-5-11(6-10)25-15(19,20)21)22-12(23)7-13(2,24)8-14(16,17)18/h3-6,9,24H,7-8H2,1-2H3,(H,22,23)/t9-,13?/m0/s1. The number of nitrogens with one attached hydrogen (secondary N) is 1. The number of hydrogen-bond acceptors (Lipinski definition) is 3. The second-order valence-electron chi connectivity index (χ2n) is 5.88. The summed E-state index contributed by atoms with van der Waals surface area (Å²) in [4.78, 5) is 11.8. The number of amides is 1. The molecule has 0 spiro atoms. The summed E-state index contributed by atoms with van der Waals surface area (Å²) in [6.07, 6.45) is -11.9. The summed E-state index contributed by atoms with van der Waals surface area (Å²) in [6, 6.07) is 4.01. The minimum atomic E-state index is -4.87. The Kier molecular flexibility index (Phi) is 6.33. The van der Waals surface area contributed by atoms with Gasteiger partial charge in [0.25, 0.3) is 0 Å². The summed E-state index contributed by atoms with van der Waals surface area (Å²) in [5.41, 5.74) is -2.03. The van der Waals surface area contributed by atoms with Gasteiger partial charge in [-0.3, -0.25) is 4.79 Å². The monoisotopic (exact) mass is 373 g/mol. The van der Waals surface area contributed by atoms with Crippen LogP contribution in [0.25, 0.3) is 0 Å². The third kappa shape index (κ3) is 8.62. The molecule has 0 aliphatic heterocycles. The Balaban J connectivity index is 2.71. The molecule has 0 bridgehead atoms. The minimum absolute atomic E-state index is 0.255. The van der Waals surface area contributed by atoms with Crippen LogP contribution >= 0.6 is 0 Å². The fourth-order valence-electron chi connectivity index (χ4n) is 2.20. The lowest BCUT2D eigenvalue weighted by atomic mass is 9.97. The number of rotatable bonds is 6. The van der Waals surface area contributed by atoms with Crippen LogP contribution in [0.5, 0.6) is 5.75 Å². The summed E-state index contributed by atoms with van der Waals surface area (Å²) < 4.78 is 77.3. The van der Waals surface area contributed by atoms with E-state index in [9.17, 15) is 36.2 Å². The molecule has 0 heterocycles. The zero-order valence-corrected chi connectivity index (χ0v) is 13.3. The highest BCUT2D eigenvalue weighted by Crippen LogP contribution is 2.30. The third-order valence-corrected chi connectivity index (χ3v) is 3.09. The van der Waals surface area contributed by atoms with Gasteiger partial charge in [0.15, 0.2) is 0 Å². The van der Waals surface area contributed by atoms with E-state index in [1.807, 2.05) is 0 Å². The van der Waals surface area contributed by atoms with Gasteiger partial charge in [-0.2, -0.15) is 13.2 Å². The molecule has 0 saturated carbocycles. The molecular formula is C15H17F6NO3. The van der Waals surface area contributed by atoms with Crippen molar-refractivity contribution in [2.24, 2.45) is 0 Å². The predicted octanol–water partition coefficient (Wildman–Crippen LogP) is 3.86. The molecule has 1 rings (SSSR count). The lowest BCUT2D eigenvalue weighted by molar-refractivity contribution is -0.274. The van der Waals surface area contributed by atoms with E-state index in [-0.39, 0.29) is 5.56 Å². The van der Waals surface area contributed by atoms with E-state index in [1.54, 1.807) is 0 Å². The average Bonchev–Trinajstić information content (AvgIpc) is 2.32. The van der Waals surface area contributed by atoms with Crippen LogP contribution in [-0.4, -0.2) is 29.2 Å². The van der Waals surface area contributed by atoms with Crippen LogP contribution in [0, 0.1) is 0 Å². The highest BCUT2D eigenvalue weighted by Gasteiger charge is 2.39. The molecule has 0 aliphatic carbocycles. The highest BCUT2D eigenvalue weighted by molar-refractivity contribution is 5.77. The second kappa shape index (κ2) is 7.51. The molecule has 1 unspecified atom stereocenters. The first-order valence-corrected chi connectivity index (χ1v) is 7.11. The Morgan fingerprint density at radius 3 is 2.36 bits per heavy atom. The van der Waals surface area contributed by atoms with Gasteiger partial charge in [-0.1, -0.05) is 12.1 Å². The van der Waals surface area contributed by atoms with Crippen LogP contribution in [-0.2, 0) is 4.79 Å². The lowest BCUT2D eigenvalue weighted by Gasteiger charge is -2.25. The first kappa shape index (κ1) is 21.1. The number of carbonyl (C=O) groups is 1. The van der Waals surface area contributed by atoms with Crippen molar-refractivity contribution in [2.45, 2.75) is 50.9 Å². The van der Waals surface area contributed by atoms with E-state index < -0.39 is 48.7 Å². The van der Waals surface area contributed by atoms with Crippen molar-refractivity contribution >= 4 is 5.91 Å². The molecule has 1 aromatic carbocycles. The van der Waals surface area contributed by atoms with Crippen molar-refractivity contribution in [1.29, 1.82) is 0 Å². The first-order valence-electron chi connectivity index (χ1n) is 7.11. The number of carbonyl (C=O) groups excluding carboxylic acids is 1. The van der Waals surface area contributed by atoms with Crippen LogP contribution in [0.4, 0.5) is 26.3 Å². The smallest absolute Gasteiger partial charge is 0.406 e. The molecular weight excluding hydrogens is 356 g/mol. The van der Waals surface area contributed by atoms with Crippen LogP contribution < -0.4 is 10.1 Å². The van der Waals surface area contributed by atoms with E-state index >= 15 is 0 Å². The maximum absolute atomic E-state index is 12.3. The van der Waals surface area contributed by atoms with Crippen molar-refractivity contribution < 1.29 is 41.0 Å². The van der Waals surface area contributed by atoms with E-state index in [2.05, 4.69) is 10.1 Å². The SMILES string of the molecule is C[C@H](NC(=O)CC(C)(O)CC(F)(F)F)c1cccc(OC(F)(F)F)c1. The van der Waals surface area contributed by atoms with Crippen molar-refractivity contribution in [1.82, 2.24) is 5.32 Å². The van der Waals surface area contributed by atoms with Gasteiger partial charge in [-0.25, -0.2) is 0 Å². The van der Waals surface area contributed by atoms with Crippen LogP contribution in [0.2, 0.25) is 0 Å². The molecule has 1 amide bonds. The second-order valence-corrected chi connectivity index (χ2v) is 5.88. The summed E-state index contributed by atoms with van der Waals surface area (Å²) in [5, 5.41) is 12.0. The molecule has 25 heavy (non-hydrogen) atoms. The summed E-state index contributed by atoms with van der Waals surface area (Å²) >= 11 is 0. The predicted molar refractivity (Wildman–Crippen MR) is 75.6 cm³/mol. The molecule has 0 aromatic heterocycles. The zero-order valence-electron chi connectivity index (χ0n) is 13.3. The molecule has 142 valence electrons. The Morgan fingerprint density at radius 1 is 1.24 bits per heavy atom. The molecule has 0 fully saturated rings. The number of benzene rings is 1. The van der Waals surface area contributed by atoms with Crippen LogP contribution in [0.15, 0.2) is 24.3 Å². The number of aliphatic hydroxyl groups is 1. The Hall–Kier alpha value is -1.97. The Morgan fingerprint density at radius 2 is 1.84 bits per heavy atom. The van der Waals surface area contributed by atoms with Gasteiger partial charge in [0.2, 0.25) is 5.91 Å². The molecule has 4 nitrogen and oxygen atoms in total. The third-order valence-electron chi connectivity index (χ3n) is 3.09. The van der Waals surface area contributed by atoms with Crippen molar-refractivity contribution in [3.05, 3.63) is 29.8 Å². The van der Waals surface area contributed by atoms with Gasteiger partial charge in [0.1, 0.15) is 5.75 Å². The molecule has 2 N–H and O–H groups in total. The zero-order chi connectivity index (χ0) is 19.5. The van der Waals surface area contributed by atoms with Crippen LogP contribution in [0.1, 0.15) is 38.3 Å². The first-order chi connectivity index (χ1) is 11.2. The van der Waals surface area contributed by atoms with Gasteiger partial charge in [-0.05, 0) is 31.5 Å². The largest absolute Gasteiger partial charge is 0.573 e. The van der Waals surface area contributed by atoms with E-state index in [0.29, 0.717) is 0 Å². The fraction of sp³-hybridized carbons (Fsp3) is 0.533. The maximum Gasteiger partial charge on any atom is 0.573 e. The van der Waals surface area contributed by atoms with Crippen molar-refractivity contribution in [3.8, 4) is 5.75 Å². The van der Waals surface area contributed by atoms with Gasteiger partial charge >= 0.3 is 12.5 Å². The number of hydrogen-bond donors (Lipinski definition) is 2. The Labute approximate surface area is 139 Å². The van der Waals surface area contributed by atoms with Crippen LogP contribution in [0.3, 0.4) is 0 Å². The summed E-state index contributed by atoms with van der Waals surface area (Å²) in [5.74, 6) is -1.36. The van der Waals surface area contributed by atoms with E-state index in [0.717, 1.165) is 19.1 Å². The number of alkyl halides is 6. The van der Waals surface area contributed by atoms with E-state index in [4.69, 9.17) is 0 Å². The molecule has 1 aromatic rings. The minimum Gasteiger partial charge on any atom is -0.406 e. The van der Waals surface area contributed by atoms with Gasteiger partial charge in [0, 0.05) is 0 Å². The molecule has 10 heteroatoms. The molecule has 2 atom stereocenters. The fourth-order valence-corrected chi connectivity index (χ4v) is 2.20. The van der Waals surface area contributed by atoms with Gasteiger partial charge in [0.05, 0.1) is 24.5 Å². The average molecular weight is 373 g/mol. The lowest BCUT2D eigenvalue weighted by Crippen LogP contribution is -2.38. The highest BCUT2D eigenvalue weighted by atomic mass is 19.4. The molecule has 0 saturated heterocycles. The van der Waals surface area contributed by atoms with Gasteiger partial charge < -0.3 is 15.2 Å². The normalized spacial score (nSPS) is 16.0. The van der Waals surface area contributed by atoms with Crippen molar-refractivity contribution in [2.75, 3.05) is 0 Å². The Bertz CT molecular complexity index is 598. The van der Waals surface area contributed by atoms with Crippen molar-refractivity contribution in [3.63, 3.8) is 0 Å². The summed E-state index contributed by atoms with van der Waals surface area (Å²) in [7, 11) is 0. The summed E-state index contributed by atoms with van der Waals surface area (Å²) in [6.45, 7) is 2.31. The molecule has 0 radical (unpaired) electrons. The van der Waals surface area contributed by atoms with Gasteiger partial charge in [-0.15, -0.1) is 13.2 Å². The maximum atomic E-state index is 12.3. The topological polar surface area (TPSA) is 58.6 Å². The number of halogens is 6. The number of ether oxygens (including phenoxy) is 1. The molecule has 0 aliphatic rings.